The average Bonchev–Trinajstić information content (AvgIpc) is 3.16. The minimum absolute atomic E-state index is 0.0268. The van der Waals surface area contributed by atoms with E-state index in [0.29, 0.717) is 17.9 Å². The van der Waals surface area contributed by atoms with Crippen molar-refractivity contribution in [2.45, 2.75) is 65.3 Å². The second-order valence-corrected chi connectivity index (χ2v) is 10.0. The first-order valence-corrected chi connectivity index (χ1v) is 11.3. The summed E-state index contributed by atoms with van der Waals surface area (Å²) in [6, 6.07) is 10.3. The zero-order chi connectivity index (χ0) is 24.1. The van der Waals surface area contributed by atoms with E-state index in [1.807, 2.05) is 57.4 Å². The molecule has 0 spiro atoms. The molecule has 4 rings (SSSR count). The van der Waals surface area contributed by atoms with Crippen LogP contribution < -0.4 is 10.8 Å². The maximum Gasteiger partial charge on any atom is 0.494 e. The number of nitrogens with zero attached hydrogens (tertiary/aromatic N) is 2. The molecule has 0 saturated carbocycles. The molecular weight excluding hydrogens is 444 g/mol. The van der Waals surface area contributed by atoms with Crippen molar-refractivity contribution in [3.8, 4) is 11.4 Å². The molecule has 1 atom stereocenters. The van der Waals surface area contributed by atoms with Gasteiger partial charge in [0, 0.05) is 25.1 Å². The van der Waals surface area contributed by atoms with E-state index in [1.165, 1.54) is 13.0 Å². The van der Waals surface area contributed by atoms with E-state index in [9.17, 15) is 9.18 Å². The van der Waals surface area contributed by atoms with Gasteiger partial charge in [-0.2, -0.15) is 0 Å². The topological polar surface area (TPSA) is 65.4 Å². The molecule has 1 unspecified atom stereocenters. The Morgan fingerprint density at radius 2 is 1.85 bits per heavy atom. The highest BCUT2D eigenvalue weighted by Gasteiger charge is 2.51. The van der Waals surface area contributed by atoms with Crippen LogP contribution in [-0.2, 0) is 20.6 Å². The third-order valence-corrected chi connectivity index (χ3v) is 6.67. The number of amides is 1. The van der Waals surface area contributed by atoms with Crippen molar-refractivity contribution >= 4 is 41.1 Å². The van der Waals surface area contributed by atoms with E-state index in [1.54, 1.807) is 12.1 Å². The van der Waals surface area contributed by atoms with Gasteiger partial charge in [-0.1, -0.05) is 17.7 Å². The molecule has 0 bridgehead atoms. The lowest BCUT2D eigenvalue weighted by Gasteiger charge is -2.32. The van der Waals surface area contributed by atoms with Crippen LogP contribution in [0.15, 0.2) is 36.4 Å². The van der Waals surface area contributed by atoms with Crippen LogP contribution in [0, 0.1) is 5.82 Å². The summed E-state index contributed by atoms with van der Waals surface area (Å²) in [6.45, 7) is 11.9. The maximum atomic E-state index is 13.8. The number of aromatic nitrogens is 2. The highest BCUT2D eigenvalue weighted by Crippen LogP contribution is 2.37. The predicted molar refractivity (Wildman–Crippen MR) is 129 cm³/mol. The van der Waals surface area contributed by atoms with E-state index < -0.39 is 24.1 Å². The first-order valence-electron chi connectivity index (χ1n) is 11.0. The molecule has 1 aliphatic heterocycles. The number of carbonyl (C=O) groups is 1. The van der Waals surface area contributed by atoms with Crippen molar-refractivity contribution in [1.29, 1.82) is 0 Å². The van der Waals surface area contributed by atoms with Crippen LogP contribution >= 0.6 is 11.6 Å². The lowest BCUT2D eigenvalue weighted by molar-refractivity contribution is -0.119. The van der Waals surface area contributed by atoms with Gasteiger partial charge in [-0.3, -0.25) is 4.79 Å². The van der Waals surface area contributed by atoms with Crippen molar-refractivity contribution in [2.24, 2.45) is 0 Å². The molecule has 6 nitrogen and oxygen atoms in total. The van der Waals surface area contributed by atoms with Crippen molar-refractivity contribution in [2.75, 3.05) is 0 Å². The second-order valence-electron chi connectivity index (χ2n) is 9.61. The normalized spacial score (nSPS) is 18.0. The molecule has 2 aromatic carbocycles. The number of nitrogens with one attached hydrogen (secondary N) is 1. The van der Waals surface area contributed by atoms with Crippen LogP contribution in [0.3, 0.4) is 0 Å². The van der Waals surface area contributed by atoms with Gasteiger partial charge in [-0.05, 0) is 70.4 Å². The van der Waals surface area contributed by atoms with Gasteiger partial charge in [-0.15, -0.1) is 0 Å². The summed E-state index contributed by atoms with van der Waals surface area (Å²) < 4.78 is 28.2. The van der Waals surface area contributed by atoms with Crippen molar-refractivity contribution in [1.82, 2.24) is 14.9 Å². The van der Waals surface area contributed by atoms with Crippen LogP contribution in [0.5, 0.6) is 0 Å². The number of benzene rings is 2. The molecule has 33 heavy (non-hydrogen) atoms. The third kappa shape index (κ3) is 4.52. The summed E-state index contributed by atoms with van der Waals surface area (Å²) in [5, 5.41) is 2.93. The lowest BCUT2D eigenvalue weighted by atomic mass is 9.79. The van der Waals surface area contributed by atoms with Gasteiger partial charge in [0.25, 0.3) is 0 Å². The molecule has 2 heterocycles. The van der Waals surface area contributed by atoms with E-state index in [2.05, 4.69) is 5.32 Å². The maximum absolute atomic E-state index is 13.8. The Labute approximate surface area is 198 Å². The third-order valence-electron chi connectivity index (χ3n) is 6.38. The fourth-order valence-corrected chi connectivity index (χ4v) is 4.16. The van der Waals surface area contributed by atoms with Gasteiger partial charge in [-0.25, -0.2) is 9.37 Å². The van der Waals surface area contributed by atoms with Gasteiger partial charge in [0.05, 0.1) is 27.3 Å². The number of carbonyl (C=O) groups excluding carboxylic acids is 1. The number of halogens is 2. The van der Waals surface area contributed by atoms with Crippen LogP contribution in [-0.4, -0.2) is 39.8 Å². The van der Waals surface area contributed by atoms with E-state index in [4.69, 9.17) is 25.9 Å². The molecule has 1 amide bonds. The standard InChI is InChI=1S/C24H28BClFN3O3/c1-14(28-15(2)31)13-30-21-10-8-17(25-32-23(3,4)24(5,6)33-25)12-20(21)29-22(30)16-7-9-19(27)18(26)11-16/h7-12,14H,13H2,1-6H3,(H,28,31). The second kappa shape index (κ2) is 8.42. The van der Waals surface area contributed by atoms with Gasteiger partial charge in [0.1, 0.15) is 11.6 Å². The first kappa shape index (κ1) is 23.7. The number of hydrogen-bond donors (Lipinski definition) is 1. The van der Waals surface area contributed by atoms with Crippen LogP contribution in [0.2, 0.25) is 5.02 Å². The van der Waals surface area contributed by atoms with Crippen LogP contribution in [0.1, 0.15) is 41.5 Å². The monoisotopic (exact) mass is 471 g/mol. The van der Waals surface area contributed by atoms with Crippen molar-refractivity contribution in [3.63, 3.8) is 0 Å². The zero-order valence-electron chi connectivity index (χ0n) is 19.7. The Balaban J connectivity index is 1.79. The number of rotatable bonds is 5. The highest BCUT2D eigenvalue weighted by atomic mass is 35.5. The Bertz CT molecular complexity index is 1210. The fourth-order valence-electron chi connectivity index (χ4n) is 3.98. The Kier molecular flexibility index (Phi) is 6.05. The summed E-state index contributed by atoms with van der Waals surface area (Å²) in [6.07, 6.45) is 0. The molecule has 0 aliphatic carbocycles. The van der Waals surface area contributed by atoms with Gasteiger partial charge in [0.2, 0.25) is 5.91 Å². The largest absolute Gasteiger partial charge is 0.494 e. The summed E-state index contributed by atoms with van der Waals surface area (Å²) in [4.78, 5) is 16.4. The molecule has 1 N–H and O–H groups in total. The molecule has 1 saturated heterocycles. The summed E-state index contributed by atoms with van der Waals surface area (Å²) in [7, 11) is -0.508. The van der Waals surface area contributed by atoms with Gasteiger partial charge in [0.15, 0.2) is 0 Å². The van der Waals surface area contributed by atoms with Crippen molar-refractivity contribution < 1.29 is 18.5 Å². The molecule has 0 radical (unpaired) electrons. The SMILES string of the molecule is CC(=O)NC(C)Cn1c(-c2ccc(F)c(Cl)c2)nc2cc(B3OC(C)(C)C(C)(C)O3)ccc21. The average molecular weight is 472 g/mol. The molecule has 9 heteroatoms. The highest BCUT2D eigenvalue weighted by molar-refractivity contribution is 6.62. The Hall–Kier alpha value is -2.42. The van der Waals surface area contributed by atoms with E-state index in [-0.39, 0.29) is 17.0 Å². The fraction of sp³-hybridized carbons (Fsp3) is 0.417. The molecule has 3 aromatic rings. The first-order chi connectivity index (χ1) is 15.4. The molecule has 1 aromatic heterocycles. The number of fused-ring (bicyclic) bond motifs is 1. The zero-order valence-corrected chi connectivity index (χ0v) is 20.5. The van der Waals surface area contributed by atoms with Crippen LogP contribution in [0.4, 0.5) is 4.39 Å². The minimum Gasteiger partial charge on any atom is -0.399 e. The lowest BCUT2D eigenvalue weighted by Crippen LogP contribution is -2.41. The quantitative estimate of drug-likeness (QED) is 0.563. The van der Waals surface area contributed by atoms with E-state index >= 15 is 0 Å². The van der Waals surface area contributed by atoms with Gasteiger partial charge < -0.3 is 19.2 Å². The number of imidazole rings is 1. The van der Waals surface area contributed by atoms with E-state index in [0.717, 1.165) is 16.5 Å². The Morgan fingerprint density at radius 3 is 2.45 bits per heavy atom. The summed E-state index contributed by atoms with van der Waals surface area (Å²) in [5.41, 5.74) is 2.27. The number of hydrogen-bond acceptors (Lipinski definition) is 4. The molecule has 1 fully saturated rings. The summed E-state index contributed by atoms with van der Waals surface area (Å²) in [5.74, 6) is 0.0363. The molecule has 1 aliphatic rings. The predicted octanol–water partition coefficient (Wildman–Crippen LogP) is 4.32. The van der Waals surface area contributed by atoms with Gasteiger partial charge >= 0.3 is 7.12 Å². The van der Waals surface area contributed by atoms with Crippen LogP contribution in [0.25, 0.3) is 22.4 Å². The minimum atomic E-state index is -0.508. The molecular formula is C24H28BClFN3O3. The smallest absolute Gasteiger partial charge is 0.399 e. The summed E-state index contributed by atoms with van der Waals surface area (Å²) >= 11 is 6.05. The molecule has 174 valence electrons. The Morgan fingerprint density at radius 1 is 1.18 bits per heavy atom. The van der Waals surface area contributed by atoms with Crippen molar-refractivity contribution in [3.05, 3.63) is 47.2 Å².